The Morgan fingerprint density at radius 3 is 2.48 bits per heavy atom. The van der Waals surface area contributed by atoms with Crippen molar-refractivity contribution in [2.45, 2.75) is 31.9 Å². The highest BCUT2D eigenvalue weighted by Crippen LogP contribution is 2.26. The summed E-state index contributed by atoms with van der Waals surface area (Å²) >= 11 is 0. The number of aliphatic hydroxyl groups is 1. The molecule has 3 N–H and O–H groups in total. The Bertz CT molecular complexity index is 816. The van der Waals surface area contributed by atoms with E-state index in [-0.39, 0.29) is 6.54 Å². The first-order valence-electron chi connectivity index (χ1n) is 10.7. The summed E-state index contributed by atoms with van der Waals surface area (Å²) in [4.78, 5) is 11.4. The average molecular weight is 428 g/mol. The van der Waals surface area contributed by atoms with Crippen LogP contribution in [0.25, 0.3) is 0 Å². The van der Waals surface area contributed by atoms with Crippen LogP contribution in [0.2, 0.25) is 0 Å². The molecule has 0 spiro atoms. The highest BCUT2D eigenvalue weighted by Gasteiger charge is 2.21. The van der Waals surface area contributed by atoms with Gasteiger partial charge in [0.15, 0.2) is 5.96 Å². The SMILES string of the molecule is CCNC(=NCC(O)c1cc(OC)cc(OC)c1)NC1CCN(c2ccccn2)CC1. The molecule has 0 amide bonds. The molecule has 2 heterocycles. The van der Waals surface area contributed by atoms with Gasteiger partial charge in [-0.05, 0) is 49.6 Å². The lowest BCUT2D eigenvalue weighted by Gasteiger charge is -2.33. The van der Waals surface area contributed by atoms with Crippen molar-refractivity contribution >= 4 is 11.8 Å². The van der Waals surface area contributed by atoms with Crippen LogP contribution in [0.4, 0.5) is 5.82 Å². The largest absolute Gasteiger partial charge is 0.497 e. The van der Waals surface area contributed by atoms with E-state index < -0.39 is 6.10 Å². The van der Waals surface area contributed by atoms with Crippen molar-refractivity contribution in [2.75, 3.05) is 45.3 Å². The Balaban J connectivity index is 1.58. The molecule has 0 bridgehead atoms. The van der Waals surface area contributed by atoms with Crippen LogP contribution in [0, 0.1) is 0 Å². The van der Waals surface area contributed by atoms with E-state index in [0.717, 1.165) is 38.3 Å². The Hall–Kier alpha value is -3.00. The van der Waals surface area contributed by atoms with Crippen molar-refractivity contribution in [2.24, 2.45) is 4.99 Å². The minimum Gasteiger partial charge on any atom is -0.497 e. The molecule has 8 heteroatoms. The molecule has 31 heavy (non-hydrogen) atoms. The summed E-state index contributed by atoms with van der Waals surface area (Å²) in [5.74, 6) is 3.02. The van der Waals surface area contributed by atoms with Crippen LogP contribution in [0.1, 0.15) is 31.4 Å². The summed E-state index contributed by atoms with van der Waals surface area (Å²) in [5.41, 5.74) is 0.708. The second-order valence-corrected chi connectivity index (χ2v) is 7.48. The number of anilines is 1. The first-order chi connectivity index (χ1) is 15.1. The van der Waals surface area contributed by atoms with E-state index >= 15 is 0 Å². The lowest BCUT2D eigenvalue weighted by Crippen LogP contribution is -2.49. The molecular weight excluding hydrogens is 394 g/mol. The summed E-state index contributed by atoms with van der Waals surface area (Å²) in [6.45, 7) is 4.91. The van der Waals surface area contributed by atoms with Gasteiger partial charge in [-0.1, -0.05) is 6.07 Å². The van der Waals surface area contributed by atoms with Crippen molar-refractivity contribution in [1.82, 2.24) is 15.6 Å². The molecule has 3 rings (SSSR count). The standard InChI is InChI=1S/C23H33N5O3/c1-4-24-23(26-16-21(29)17-13-19(30-2)15-20(14-17)31-3)27-18-8-11-28(12-9-18)22-7-5-6-10-25-22/h5-7,10,13-15,18,21,29H,4,8-9,11-12,16H2,1-3H3,(H2,24,26,27). The summed E-state index contributed by atoms with van der Waals surface area (Å²) in [7, 11) is 3.19. The molecule has 0 saturated carbocycles. The Morgan fingerprint density at radius 1 is 1.19 bits per heavy atom. The first kappa shape index (κ1) is 22.7. The molecule has 1 unspecified atom stereocenters. The minimum absolute atomic E-state index is 0.235. The van der Waals surface area contributed by atoms with Gasteiger partial charge in [-0.25, -0.2) is 4.98 Å². The zero-order valence-electron chi connectivity index (χ0n) is 18.5. The average Bonchev–Trinajstić information content (AvgIpc) is 2.83. The van der Waals surface area contributed by atoms with Crippen molar-refractivity contribution in [3.63, 3.8) is 0 Å². The zero-order chi connectivity index (χ0) is 22.1. The number of aliphatic imine (C=N–C) groups is 1. The molecule has 1 aliphatic heterocycles. The maximum atomic E-state index is 10.7. The van der Waals surface area contributed by atoms with Gasteiger partial charge in [-0.15, -0.1) is 0 Å². The van der Waals surface area contributed by atoms with Gasteiger partial charge >= 0.3 is 0 Å². The number of pyridine rings is 1. The number of benzene rings is 1. The van der Waals surface area contributed by atoms with Gasteiger partial charge in [0, 0.05) is 37.9 Å². The number of hydrogen-bond acceptors (Lipinski definition) is 6. The maximum absolute atomic E-state index is 10.7. The quantitative estimate of drug-likeness (QED) is 0.440. The first-order valence-corrected chi connectivity index (χ1v) is 10.7. The fourth-order valence-electron chi connectivity index (χ4n) is 3.61. The van der Waals surface area contributed by atoms with E-state index in [9.17, 15) is 5.11 Å². The molecule has 8 nitrogen and oxygen atoms in total. The monoisotopic (exact) mass is 427 g/mol. The normalized spacial score (nSPS) is 16.0. The molecule has 1 atom stereocenters. The number of aliphatic hydroxyl groups excluding tert-OH is 1. The van der Waals surface area contributed by atoms with Gasteiger partial charge < -0.3 is 30.1 Å². The van der Waals surface area contributed by atoms with Gasteiger partial charge in [0.1, 0.15) is 17.3 Å². The number of guanidine groups is 1. The highest BCUT2D eigenvalue weighted by molar-refractivity contribution is 5.80. The summed E-state index contributed by atoms with van der Waals surface area (Å²) in [5, 5.41) is 17.4. The van der Waals surface area contributed by atoms with Crippen molar-refractivity contribution in [3.8, 4) is 11.5 Å². The van der Waals surface area contributed by atoms with Crippen LogP contribution in [-0.4, -0.2) is 62.5 Å². The molecule has 0 radical (unpaired) electrons. The molecule has 1 fully saturated rings. The summed E-state index contributed by atoms with van der Waals surface area (Å²) in [6.07, 6.45) is 3.07. The second kappa shape index (κ2) is 11.4. The molecule has 1 saturated heterocycles. The maximum Gasteiger partial charge on any atom is 0.191 e. The van der Waals surface area contributed by atoms with E-state index in [1.54, 1.807) is 32.4 Å². The summed E-state index contributed by atoms with van der Waals surface area (Å²) < 4.78 is 10.6. The highest BCUT2D eigenvalue weighted by atomic mass is 16.5. The second-order valence-electron chi connectivity index (χ2n) is 7.48. The molecular formula is C23H33N5O3. The predicted molar refractivity (Wildman–Crippen MR) is 123 cm³/mol. The number of aromatic nitrogens is 1. The lowest BCUT2D eigenvalue weighted by atomic mass is 10.1. The molecule has 1 aromatic carbocycles. The third kappa shape index (κ3) is 6.49. The van der Waals surface area contributed by atoms with Crippen molar-refractivity contribution in [3.05, 3.63) is 48.2 Å². The van der Waals surface area contributed by atoms with Gasteiger partial charge in [0.25, 0.3) is 0 Å². The number of ether oxygens (including phenoxy) is 2. The van der Waals surface area contributed by atoms with Crippen LogP contribution in [-0.2, 0) is 0 Å². The number of nitrogens with one attached hydrogen (secondary N) is 2. The molecule has 168 valence electrons. The number of piperidine rings is 1. The zero-order valence-corrected chi connectivity index (χ0v) is 18.5. The van der Waals surface area contributed by atoms with Crippen LogP contribution in [0.5, 0.6) is 11.5 Å². The van der Waals surface area contributed by atoms with Gasteiger partial charge in [-0.3, -0.25) is 4.99 Å². The van der Waals surface area contributed by atoms with Gasteiger partial charge in [0.05, 0.1) is 26.9 Å². The van der Waals surface area contributed by atoms with E-state index in [1.165, 1.54) is 0 Å². The Morgan fingerprint density at radius 2 is 1.90 bits per heavy atom. The van der Waals surface area contributed by atoms with E-state index in [1.807, 2.05) is 31.3 Å². The number of nitrogens with zero attached hydrogens (tertiary/aromatic N) is 3. The van der Waals surface area contributed by atoms with Crippen LogP contribution < -0.4 is 25.0 Å². The number of hydrogen-bond donors (Lipinski definition) is 3. The van der Waals surface area contributed by atoms with E-state index in [4.69, 9.17) is 9.47 Å². The third-order valence-electron chi connectivity index (χ3n) is 5.33. The minimum atomic E-state index is -0.759. The van der Waals surface area contributed by atoms with Crippen molar-refractivity contribution < 1.29 is 14.6 Å². The fraction of sp³-hybridized carbons (Fsp3) is 0.478. The van der Waals surface area contributed by atoms with Crippen molar-refractivity contribution in [1.29, 1.82) is 0 Å². The third-order valence-corrected chi connectivity index (χ3v) is 5.33. The predicted octanol–water partition coefficient (Wildman–Crippen LogP) is 2.36. The van der Waals surface area contributed by atoms with Crippen LogP contribution >= 0.6 is 0 Å². The smallest absolute Gasteiger partial charge is 0.191 e. The van der Waals surface area contributed by atoms with E-state index in [2.05, 4.69) is 25.5 Å². The topological polar surface area (TPSA) is 91.2 Å². The lowest BCUT2D eigenvalue weighted by molar-refractivity contribution is 0.186. The van der Waals surface area contributed by atoms with E-state index in [0.29, 0.717) is 29.1 Å². The Kier molecular flexibility index (Phi) is 8.35. The van der Waals surface area contributed by atoms with Crippen LogP contribution in [0.15, 0.2) is 47.6 Å². The molecule has 1 aliphatic rings. The van der Waals surface area contributed by atoms with Gasteiger partial charge in [-0.2, -0.15) is 0 Å². The summed E-state index contributed by atoms with van der Waals surface area (Å²) in [6, 6.07) is 11.7. The Labute approximate surface area is 184 Å². The molecule has 2 aromatic rings. The fourth-order valence-corrected chi connectivity index (χ4v) is 3.61. The number of rotatable bonds is 8. The number of methoxy groups -OCH3 is 2. The molecule has 1 aromatic heterocycles. The van der Waals surface area contributed by atoms with Gasteiger partial charge in [0.2, 0.25) is 0 Å². The van der Waals surface area contributed by atoms with Crippen LogP contribution in [0.3, 0.4) is 0 Å². The molecule has 0 aliphatic carbocycles.